The Labute approximate surface area is 119 Å². The van der Waals surface area contributed by atoms with Crippen molar-refractivity contribution in [3.05, 3.63) is 23.8 Å². The number of hydrogen-bond acceptors (Lipinski definition) is 5. The van der Waals surface area contributed by atoms with E-state index in [2.05, 4.69) is 0 Å². The summed E-state index contributed by atoms with van der Waals surface area (Å²) in [4.78, 5) is 13.5. The van der Waals surface area contributed by atoms with Gasteiger partial charge in [-0.25, -0.2) is 0 Å². The Morgan fingerprint density at radius 1 is 1.50 bits per heavy atom. The fourth-order valence-electron chi connectivity index (χ4n) is 2.36. The number of esters is 1. The highest BCUT2D eigenvalue weighted by Gasteiger charge is 2.26. The molecule has 0 N–H and O–H groups in total. The van der Waals surface area contributed by atoms with Gasteiger partial charge in [0.25, 0.3) is 0 Å². The highest BCUT2D eigenvalue weighted by molar-refractivity contribution is 5.71. The Morgan fingerprint density at radius 2 is 2.30 bits per heavy atom. The van der Waals surface area contributed by atoms with Crippen LogP contribution in [0.15, 0.2) is 18.2 Å². The summed E-state index contributed by atoms with van der Waals surface area (Å²) in [5.74, 6) is 1.37. The molecular weight excluding hydrogens is 258 g/mol. The predicted molar refractivity (Wildman–Crippen MR) is 75.2 cm³/mol. The van der Waals surface area contributed by atoms with Crippen molar-refractivity contribution in [2.24, 2.45) is 0 Å². The number of rotatable bonds is 5. The van der Waals surface area contributed by atoms with Gasteiger partial charge in [0.2, 0.25) is 0 Å². The number of methoxy groups -OCH3 is 1. The van der Waals surface area contributed by atoms with Gasteiger partial charge in [-0.05, 0) is 32.0 Å². The van der Waals surface area contributed by atoms with Gasteiger partial charge < -0.3 is 14.2 Å². The molecule has 5 heteroatoms. The minimum absolute atomic E-state index is 0.166. The molecule has 0 aromatic heterocycles. The molecule has 2 rings (SSSR count). The molecule has 1 aliphatic heterocycles. The second-order valence-corrected chi connectivity index (χ2v) is 4.84. The summed E-state index contributed by atoms with van der Waals surface area (Å²) in [5, 5.41) is 0. The monoisotopic (exact) mass is 279 g/mol. The zero-order chi connectivity index (χ0) is 14.5. The van der Waals surface area contributed by atoms with Crippen LogP contribution < -0.4 is 9.47 Å². The smallest absolute Gasteiger partial charge is 0.320 e. The summed E-state index contributed by atoms with van der Waals surface area (Å²) in [7, 11) is 3.55. The van der Waals surface area contributed by atoms with Crippen LogP contribution in [0.3, 0.4) is 0 Å². The van der Waals surface area contributed by atoms with Gasteiger partial charge >= 0.3 is 5.97 Å². The minimum Gasteiger partial charge on any atom is -0.493 e. The van der Waals surface area contributed by atoms with Crippen LogP contribution in [0.25, 0.3) is 0 Å². The molecule has 1 heterocycles. The molecule has 1 aliphatic rings. The molecule has 1 aromatic rings. The minimum atomic E-state index is -0.202. The summed E-state index contributed by atoms with van der Waals surface area (Å²) in [6, 6.07) is 6.04. The van der Waals surface area contributed by atoms with Gasteiger partial charge in [-0.15, -0.1) is 0 Å². The van der Waals surface area contributed by atoms with Crippen LogP contribution in [0.5, 0.6) is 11.5 Å². The molecule has 20 heavy (non-hydrogen) atoms. The van der Waals surface area contributed by atoms with E-state index in [-0.39, 0.29) is 18.6 Å². The van der Waals surface area contributed by atoms with Crippen LogP contribution in [0.2, 0.25) is 0 Å². The lowest BCUT2D eigenvalue weighted by atomic mass is 10.0. The number of hydrogen-bond donors (Lipinski definition) is 0. The van der Waals surface area contributed by atoms with Crippen LogP contribution in [-0.2, 0) is 16.0 Å². The third-order valence-corrected chi connectivity index (χ3v) is 3.46. The Hall–Kier alpha value is -1.75. The number of ether oxygens (including phenoxy) is 3. The summed E-state index contributed by atoms with van der Waals surface area (Å²) in [6.07, 6.45) is 0.836. The normalized spacial score (nSPS) is 17.3. The van der Waals surface area contributed by atoms with Crippen LogP contribution >= 0.6 is 0 Å². The second-order valence-electron chi connectivity index (χ2n) is 4.84. The summed E-state index contributed by atoms with van der Waals surface area (Å²) in [6.45, 7) is 3.04. The largest absolute Gasteiger partial charge is 0.493 e. The maximum atomic E-state index is 11.5. The standard InChI is InChI=1S/C15H21NO4/c1-4-19-14(17)9-16(2)12-8-11-6-5-7-13(18-3)15(11)20-10-12/h5-7,12H,4,8-10H2,1-3H3/t12-/m1/s1. The lowest BCUT2D eigenvalue weighted by Gasteiger charge is -2.32. The van der Waals surface area contributed by atoms with E-state index in [1.165, 1.54) is 0 Å². The van der Waals surface area contributed by atoms with Crippen molar-refractivity contribution in [1.82, 2.24) is 4.90 Å². The van der Waals surface area contributed by atoms with Crippen molar-refractivity contribution in [3.63, 3.8) is 0 Å². The highest BCUT2D eigenvalue weighted by atomic mass is 16.5. The van der Waals surface area contributed by atoms with E-state index >= 15 is 0 Å². The maximum absolute atomic E-state index is 11.5. The second kappa shape index (κ2) is 6.61. The van der Waals surface area contributed by atoms with E-state index in [4.69, 9.17) is 14.2 Å². The van der Waals surface area contributed by atoms with Gasteiger partial charge in [-0.2, -0.15) is 0 Å². The third kappa shape index (κ3) is 3.22. The van der Waals surface area contributed by atoms with Crippen molar-refractivity contribution in [2.45, 2.75) is 19.4 Å². The highest BCUT2D eigenvalue weighted by Crippen LogP contribution is 2.35. The molecule has 0 aliphatic carbocycles. The summed E-state index contributed by atoms with van der Waals surface area (Å²) < 4.78 is 16.1. The average molecular weight is 279 g/mol. The molecule has 1 aromatic carbocycles. The molecule has 0 bridgehead atoms. The van der Waals surface area contributed by atoms with Gasteiger partial charge in [0.15, 0.2) is 11.5 Å². The van der Waals surface area contributed by atoms with Crippen molar-refractivity contribution >= 4 is 5.97 Å². The summed E-state index contributed by atoms with van der Waals surface area (Å²) in [5.41, 5.74) is 1.11. The fraction of sp³-hybridized carbons (Fsp3) is 0.533. The molecule has 0 saturated carbocycles. The summed E-state index contributed by atoms with van der Waals surface area (Å²) >= 11 is 0. The van der Waals surface area contributed by atoms with Gasteiger partial charge in [0.1, 0.15) is 6.61 Å². The van der Waals surface area contributed by atoms with E-state index in [9.17, 15) is 4.79 Å². The number of fused-ring (bicyclic) bond motifs is 1. The van der Waals surface area contributed by atoms with Gasteiger partial charge in [0, 0.05) is 6.04 Å². The van der Waals surface area contributed by atoms with Crippen molar-refractivity contribution in [2.75, 3.05) is 33.9 Å². The van der Waals surface area contributed by atoms with Crippen LogP contribution in [0, 0.1) is 0 Å². The fourth-order valence-corrected chi connectivity index (χ4v) is 2.36. The molecule has 0 fully saturated rings. The maximum Gasteiger partial charge on any atom is 0.320 e. The van der Waals surface area contributed by atoms with Gasteiger partial charge in [-0.3, -0.25) is 9.69 Å². The van der Waals surface area contributed by atoms with Gasteiger partial charge in [-0.1, -0.05) is 12.1 Å². The molecule has 110 valence electrons. The lowest BCUT2D eigenvalue weighted by Crippen LogP contribution is -2.43. The molecule has 0 unspecified atom stereocenters. The van der Waals surface area contributed by atoms with E-state index < -0.39 is 0 Å². The number of carbonyl (C=O) groups is 1. The van der Waals surface area contributed by atoms with E-state index in [1.807, 2.05) is 37.1 Å². The van der Waals surface area contributed by atoms with Crippen molar-refractivity contribution < 1.29 is 19.0 Å². The SMILES string of the molecule is CCOC(=O)CN(C)[C@H]1COc2c(cccc2OC)C1. The van der Waals surface area contributed by atoms with Crippen LogP contribution in [-0.4, -0.2) is 50.8 Å². The molecule has 5 nitrogen and oxygen atoms in total. The molecule has 0 spiro atoms. The Bertz CT molecular complexity index is 475. The lowest BCUT2D eigenvalue weighted by molar-refractivity contribution is -0.144. The van der Waals surface area contributed by atoms with Gasteiger partial charge in [0.05, 0.1) is 20.3 Å². The van der Waals surface area contributed by atoms with Crippen LogP contribution in [0.4, 0.5) is 0 Å². The molecule has 0 radical (unpaired) electrons. The molecule has 0 saturated heterocycles. The Kier molecular flexibility index (Phi) is 4.84. The first-order valence-corrected chi connectivity index (χ1v) is 6.80. The third-order valence-electron chi connectivity index (χ3n) is 3.46. The number of likely N-dealkylation sites (N-methyl/N-ethyl adjacent to an activating group) is 1. The van der Waals surface area contributed by atoms with E-state index in [1.54, 1.807) is 7.11 Å². The number of carbonyl (C=O) groups excluding carboxylic acids is 1. The first kappa shape index (κ1) is 14.7. The number of benzene rings is 1. The molecule has 0 amide bonds. The van der Waals surface area contributed by atoms with Crippen molar-refractivity contribution in [3.8, 4) is 11.5 Å². The number of nitrogens with zero attached hydrogens (tertiary/aromatic N) is 1. The molecule has 1 atom stereocenters. The predicted octanol–water partition coefficient (Wildman–Crippen LogP) is 1.49. The number of para-hydroxylation sites is 1. The quantitative estimate of drug-likeness (QED) is 0.764. The zero-order valence-corrected chi connectivity index (χ0v) is 12.2. The van der Waals surface area contributed by atoms with Crippen LogP contribution in [0.1, 0.15) is 12.5 Å². The first-order valence-electron chi connectivity index (χ1n) is 6.80. The van der Waals surface area contributed by atoms with Crippen molar-refractivity contribution in [1.29, 1.82) is 0 Å². The van der Waals surface area contributed by atoms with E-state index in [0.717, 1.165) is 23.5 Å². The topological polar surface area (TPSA) is 48.0 Å². The Balaban J connectivity index is 2.02. The molecular formula is C15H21NO4. The Morgan fingerprint density at radius 3 is 3.00 bits per heavy atom. The average Bonchev–Trinajstić information content (AvgIpc) is 2.46. The first-order chi connectivity index (χ1) is 9.65. The zero-order valence-electron chi connectivity index (χ0n) is 12.2. The van der Waals surface area contributed by atoms with E-state index in [0.29, 0.717) is 13.2 Å².